The first-order chi connectivity index (χ1) is 6.90. The van der Waals surface area contributed by atoms with Crippen LogP contribution in [0.1, 0.15) is 6.92 Å². The van der Waals surface area contributed by atoms with Crippen molar-refractivity contribution >= 4 is 12.3 Å². The van der Waals surface area contributed by atoms with Gasteiger partial charge in [0.2, 0.25) is 0 Å². The molecule has 7 heteroatoms. The van der Waals surface area contributed by atoms with Gasteiger partial charge in [-0.2, -0.15) is 0 Å². The van der Waals surface area contributed by atoms with Gasteiger partial charge < -0.3 is 30.6 Å². The highest BCUT2D eigenvalue weighted by Crippen LogP contribution is 2.03. The summed E-state index contributed by atoms with van der Waals surface area (Å²) < 4.78 is 4.40. The van der Waals surface area contributed by atoms with Crippen molar-refractivity contribution in [2.75, 3.05) is 6.61 Å². The standard InChI is InChI=1S/C8H15NO6/c1-4(11)15-3-6(12)8(14)7(13)5(9)2-10/h2,5-8,12-14H,3,9H2,1H3/t5-,6+,7+,8-/m0/s1. The molecule has 0 aromatic carbocycles. The second kappa shape index (κ2) is 6.46. The molecule has 0 bridgehead atoms. The van der Waals surface area contributed by atoms with Gasteiger partial charge >= 0.3 is 5.97 Å². The Hall–Kier alpha value is -1.02. The second-order valence-electron chi connectivity index (χ2n) is 3.06. The van der Waals surface area contributed by atoms with Crippen molar-refractivity contribution in [2.45, 2.75) is 31.3 Å². The molecule has 0 aliphatic rings. The quantitative estimate of drug-likeness (QED) is 0.280. The van der Waals surface area contributed by atoms with Crippen LogP contribution in [0.3, 0.4) is 0 Å². The van der Waals surface area contributed by atoms with Gasteiger partial charge in [0, 0.05) is 6.92 Å². The minimum atomic E-state index is -1.65. The van der Waals surface area contributed by atoms with Gasteiger partial charge in [0.05, 0.1) is 6.04 Å². The molecule has 0 aromatic heterocycles. The molecule has 0 saturated carbocycles. The van der Waals surface area contributed by atoms with E-state index in [0.717, 1.165) is 6.92 Å². The largest absolute Gasteiger partial charge is 0.463 e. The molecule has 0 fully saturated rings. The van der Waals surface area contributed by atoms with Crippen molar-refractivity contribution in [1.82, 2.24) is 0 Å². The van der Waals surface area contributed by atoms with E-state index in [-0.39, 0.29) is 6.29 Å². The van der Waals surface area contributed by atoms with Gasteiger partial charge in [0.15, 0.2) is 0 Å². The maximum atomic E-state index is 10.4. The lowest BCUT2D eigenvalue weighted by molar-refractivity contribution is -0.150. The Balaban J connectivity index is 4.11. The number of hydrogen-bond donors (Lipinski definition) is 4. The van der Waals surface area contributed by atoms with Crippen molar-refractivity contribution in [3.8, 4) is 0 Å². The summed E-state index contributed by atoms with van der Waals surface area (Å²) in [6.07, 6.45) is -4.50. The van der Waals surface area contributed by atoms with Crippen LogP contribution in [0, 0.1) is 0 Å². The maximum Gasteiger partial charge on any atom is 0.302 e. The van der Waals surface area contributed by atoms with Crippen LogP contribution in [0.25, 0.3) is 0 Å². The topological polar surface area (TPSA) is 130 Å². The van der Waals surface area contributed by atoms with Crippen molar-refractivity contribution in [1.29, 1.82) is 0 Å². The average molecular weight is 221 g/mol. The number of ether oxygens (including phenoxy) is 1. The van der Waals surface area contributed by atoms with E-state index in [0.29, 0.717) is 0 Å². The summed E-state index contributed by atoms with van der Waals surface area (Å²) in [4.78, 5) is 20.5. The van der Waals surface area contributed by atoms with E-state index in [1.165, 1.54) is 0 Å². The molecule has 0 aromatic rings. The third kappa shape index (κ3) is 4.84. The molecule has 15 heavy (non-hydrogen) atoms. The van der Waals surface area contributed by atoms with Gasteiger partial charge in [-0.3, -0.25) is 4.79 Å². The molecule has 0 amide bonds. The van der Waals surface area contributed by atoms with Gasteiger partial charge in [-0.1, -0.05) is 0 Å². The Labute approximate surface area is 86.5 Å². The highest BCUT2D eigenvalue weighted by atomic mass is 16.5. The number of carbonyl (C=O) groups is 2. The number of esters is 1. The zero-order valence-corrected chi connectivity index (χ0v) is 8.24. The monoisotopic (exact) mass is 221 g/mol. The molecule has 0 unspecified atom stereocenters. The van der Waals surface area contributed by atoms with Crippen LogP contribution < -0.4 is 5.73 Å². The van der Waals surface area contributed by atoms with Crippen LogP contribution in [0.4, 0.5) is 0 Å². The van der Waals surface area contributed by atoms with E-state index in [2.05, 4.69) is 4.74 Å². The summed E-state index contributed by atoms with van der Waals surface area (Å²) >= 11 is 0. The van der Waals surface area contributed by atoms with Crippen molar-refractivity contribution < 1.29 is 29.6 Å². The minimum absolute atomic E-state index is 0.242. The molecule has 0 heterocycles. The van der Waals surface area contributed by atoms with Crippen LogP contribution in [0.5, 0.6) is 0 Å². The third-order valence-electron chi connectivity index (χ3n) is 1.75. The highest BCUT2D eigenvalue weighted by Gasteiger charge is 2.29. The van der Waals surface area contributed by atoms with Gasteiger partial charge in [-0.15, -0.1) is 0 Å². The lowest BCUT2D eigenvalue weighted by Gasteiger charge is -2.24. The summed E-state index contributed by atoms with van der Waals surface area (Å²) in [5.41, 5.74) is 5.11. The molecule has 0 saturated heterocycles. The van der Waals surface area contributed by atoms with Crippen LogP contribution in [-0.2, 0) is 14.3 Å². The van der Waals surface area contributed by atoms with Crippen LogP contribution >= 0.6 is 0 Å². The molecule has 0 radical (unpaired) electrons. The molecule has 0 aliphatic carbocycles. The van der Waals surface area contributed by atoms with Crippen molar-refractivity contribution in [3.63, 3.8) is 0 Å². The first-order valence-corrected chi connectivity index (χ1v) is 4.28. The van der Waals surface area contributed by atoms with E-state index >= 15 is 0 Å². The molecular formula is C8H15NO6. The fraction of sp³-hybridized carbons (Fsp3) is 0.750. The summed E-state index contributed by atoms with van der Waals surface area (Å²) in [6, 6.07) is -1.30. The Kier molecular flexibility index (Phi) is 6.02. The van der Waals surface area contributed by atoms with Gasteiger partial charge in [0.25, 0.3) is 0 Å². The maximum absolute atomic E-state index is 10.4. The van der Waals surface area contributed by atoms with Crippen LogP contribution in [-0.4, -0.2) is 58.5 Å². The van der Waals surface area contributed by atoms with E-state index < -0.39 is 36.9 Å². The predicted octanol–water partition coefficient (Wildman–Crippen LogP) is -2.84. The number of nitrogens with two attached hydrogens (primary N) is 1. The lowest BCUT2D eigenvalue weighted by Crippen LogP contribution is -2.50. The first-order valence-electron chi connectivity index (χ1n) is 4.28. The van der Waals surface area contributed by atoms with Gasteiger partial charge in [-0.05, 0) is 0 Å². The first kappa shape index (κ1) is 14.0. The SMILES string of the molecule is CC(=O)OC[C@@H](O)[C@H](O)[C@H](O)[C@@H](N)C=O. The fourth-order valence-corrected chi connectivity index (χ4v) is 0.837. The Bertz CT molecular complexity index is 221. The van der Waals surface area contributed by atoms with E-state index in [1.807, 2.05) is 0 Å². The number of aliphatic hydroxyl groups is 3. The Morgan fingerprint density at radius 3 is 2.33 bits per heavy atom. The fourth-order valence-electron chi connectivity index (χ4n) is 0.837. The number of hydrogen-bond acceptors (Lipinski definition) is 7. The van der Waals surface area contributed by atoms with Gasteiger partial charge in [-0.25, -0.2) is 0 Å². The molecule has 0 aliphatic heterocycles. The molecule has 5 N–H and O–H groups in total. The second-order valence-corrected chi connectivity index (χ2v) is 3.06. The number of aldehydes is 1. The number of rotatable bonds is 6. The smallest absolute Gasteiger partial charge is 0.302 e. The van der Waals surface area contributed by atoms with Crippen LogP contribution in [0.15, 0.2) is 0 Å². The Morgan fingerprint density at radius 1 is 1.40 bits per heavy atom. The summed E-state index contributed by atoms with van der Waals surface area (Å²) in [6.45, 7) is 0.659. The zero-order chi connectivity index (χ0) is 12.0. The van der Waals surface area contributed by atoms with E-state index in [4.69, 9.17) is 5.73 Å². The third-order valence-corrected chi connectivity index (χ3v) is 1.75. The molecular weight excluding hydrogens is 206 g/mol. The normalized spacial score (nSPS) is 18.7. The zero-order valence-electron chi connectivity index (χ0n) is 8.24. The average Bonchev–Trinajstić information content (AvgIpc) is 2.22. The predicted molar refractivity (Wildman–Crippen MR) is 48.7 cm³/mol. The number of carbonyl (C=O) groups excluding carboxylic acids is 2. The summed E-state index contributed by atoms with van der Waals surface area (Å²) in [5.74, 6) is -0.629. The lowest BCUT2D eigenvalue weighted by atomic mass is 10.0. The molecule has 0 spiro atoms. The van der Waals surface area contributed by atoms with Crippen LogP contribution in [0.2, 0.25) is 0 Å². The van der Waals surface area contributed by atoms with Gasteiger partial charge in [0.1, 0.15) is 31.2 Å². The molecule has 4 atom stereocenters. The molecule has 0 rings (SSSR count). The highest BCUT2D eigenvalue weighted by molar-refractivity contribution is 5.65. The van der Waals surface area contributed by atoms with E-state index in [9.17, 15) is 24.9 Å². The Morgan fingerprint density at radius 2 is 1.93 bits per heavy atom. The molecule has 88 valence electrons. The molecule has 7 nitrogen and oxygen atoms in total. The summed E-state index contributed by atoms with van der Waals surface area (Å²) in [7, 11) is 0. The summed E-state index contributed by atoms with van der Waals surface area (Å²) in [5, 5.41) is 27.7. The van der Waals surface area contributed by atoms with Crippen molar-refractivity contribution in [2.24, 2.45) is 5.73 Å². The van der Waals surface area contributed by atoms with Crippen molar-refractivity contribution in [3.05, 3.63) is 0 Å². The van der Waals surface area contributed by atoms with E-state index in [1.54, 1.807) is 0 Å². The minimum Gasteiger partial charge on any atom is -0.463 e. The number of aliphatic hydroxyl groups excluding tert-OH is 3.